The number of morpholine rings is 1. The van der Waals surface area contributed by atoms with Gasteiger partial charge in [-0.2, -0.15) is 0 Å². The fourth-order valence-electron chi connectivity index (χ4n) is 0.516. The van der Waals surface area contributed by atoms with Crippen LogP contribution in [0.3, 0.4) is 0 Å². The second-order valence-electron chi connectivity index (χ2n) is 2.10. The Bertz CT molecular complexity index is 78.2. The van der Waals surface area contributed by atoms with E-state index in [1.54, 1.807) is 12.5 Å². The third kappa shape index (κ3) is 10.9. The molecule has 0 bridgehead atoms. The maximum absolute atomic E-state index is 9.56. The third-order valence-corrected chi connectivity index (χ3v) is 0.846. The van der Waals surface area contributed by atoms with Gasteiger partial charge in [0.25, 0.3) is 0 Å². The second kappa shape index (κ2) is 7.18. The predicted octanol–water partition coefficient (Wildman–Crippen LogP) is -0.399. The van der Waals surface area contributed by atoms with Gasteiger partial charge in [0.15, 0.2) is 0 Å². The van der Waals surface area contributed by atoms with Crippen molar-refractivity contribution in [3.8, 4) is 0 Å². The summed E-state index contributed by atoms with van der Waals surface area (Å²) in [6, 6.07) is 0. The molecular weight excluding hydrogens is 150 g/mol. The summed E-state index contributed by atoms with van der Waals surface area (Å²) in [5.74, 6) is 0. The zero-order chi connectivity index (χ0) is 7.82. The molecule has 0 spiro atoms. The van der Waals surface area contributed by atoms with E-state index in [1.807, 2.05) is 0 Å². The van der Waals surface area contributed by atoms with E-state index in [-0.39, 0.29) is 0 Å². The minimum absolute atomic E-state index is 0.611. The fraction of sp³-hybridized carbons (Fsp3) is 1.00. The molecule has 3 nitrogen and oxygen atoms in total. The van der Waals surface area contributed by atoms with Gasteiger partial charge < -0.3 is 10.1 Å². The molecule has 1 rings (SSSR count). The Morgan fingerprint density at radius 2 is 1.70 bits per heavy atom. The summed E-state index contributed by atoms with van der Waals surface area (Å²) in [6.45, 7) is 3.83. The van der Waals surface area contributed by atoms with E-state index in [2.05, 4.69) is 5.32 Å². The van der Waals surface area contributed by atoms with Crippen LogP contribution in [-0.4, -0.2) is 43.0 Å². The molecule has 1 N–H and O–H groups in total. The first-order chi connectivity index (χ1) is 4.73. The van der Waals surface area contributed by atoms with Crippen molar-refractivity contribution in [2.75, 3.05) is 38.8 Å². The maximum atomic E-state index is 9.56. The number of hydrogen-bond donors (Lipinski definition) is 1. The van der Waals surface area contributed by atoms with Gasteiger partial charge in [-0.05, 0) is 0 Å². The van der Waals surface area contributed by atoms with Crippen LogP contribution in [0.1, 0.15) is 0 Å². The summed E-state index contributed by atoms with van der Waals surface area (Å²) in [6.07, 6.45) is 3.28. The fourth-order valence-corrected chi connectivity index (χ4v) is 0.516. The largest absolute Gasteiger partial charge is 0.379 e. The van der Waals surface area contributed by atoms with Crippen LogP contribution >= 0.6 is 0 Å². The lowest BCUT2D eigenvalue weighted by molar-refractivity contribution is 0.109. The highest BCUT2D eigenvalue weighted by Gasteiger charge is 1.92. The van der Waals surface area contributed by atoms with Crippen LogP contribution in [0, 0.1) is 0 Å². The van der Waals surface area contributed by atoms with Crippen molar-refractivity contribution in [3.63, 3.8) is 0 Å². The lowest BCUT2D eigenvalue weighted by atomic mass is 10.5. The lowest BCUT2D eigenvalue weighted by Gasteiger charge is -2.10. The van der Waals surface area contributed by atoms with Gasteiger partial charge in [-0.15, -0.1) is 0 Å². The van der Waals surface area contributed by atoms with Gasteiger partial charge in [-0.25, -0.2) is 0 Å². The Morgan fingerprint density at radius 1 is 1.30 bits per heavy atom. The summed E-state index contributed by atoms with van der Waals surface area (Å²) in [5, 5.41) is 3.16. The minimum Gasteiger partial charge on any atom is -0.379 e. The Balaban J connectivity index is 0.000000180. The smallest absolute Gasteiger partial charge is 0.0591 e. The minimum atomic E-state index is -0.611. The highest BCUT2D eigenvalue weighted by atomic mass is 32.2. The summed E-state index contributed by atoms with van der Waals surface area (Å²) in [4.78, 5) is 0. The highest BCUT2D eigenvalue weighted by Crippen LogP contribution is 1.76. The van der Waals surface area contributed by atoms with E-state index >= 15 is 0 Å². The summed E-state index contributed by atoms with van der Waals surface area (Å²) < 4.78 is 14.6. The number of ether oxygens (including phenoxy) is 1. The lowest BCUT2D eigenvalue weighted by Crippen LogP contribution is -2.30. The number of rotatable bonds is 0. The standard InChI is InChI=1S/C4H9NO.C2H6OS/c1-3-6-4-2-5-1;1-4(2)3/h5H,1-4H2;1-2H3. The average molecular weight is 165 g/mol. The molecule has 62 valence electrons. The first-order valence-corrected chi connectivity index (χ1v) is 5.23. The van der Waals surface area contributed by atoms with E-state index in [1.165, 1.54) is 0 Å². The van der Waals surface area contributed by atoms with Crippen molar-refractivity contribution >= 4 is 10.8 Å². The summed E-state index contributed by atoms with van der Waals surface area (Å²) in [7, 11) is -0.611. The van der Waals surface area contributed by atoms with Crippen LogP contribution in [-0.2, 0) is 15.5 Å². The highest BCUT2D eigenvalue weighted by molar-refractivity contribution is 7.83. The van der Waals surface area contributed by atoms with Crippen LogP contribution in [0.4, 0.5) is 0 Å². The van der Waals surface area contributed by atoms with Crippen LogP contribution in [0.25, 0.3) is 0 Å². The summed E-state index contributed by atoms with van der Waals surface area (Å²) >= 11 is 0. The molecule has 0 aromatic rings. The first kappa shape index (κ1) is 10.1. The van der Waals surface area contributed by atoms with E-state index in [0.29, 0.717) is 0 Å². The zero-order valence-corrected chi connectivity index (χ0v) is 7.37. The molecule has 0 aromatic heterocycles. The van der Waals surface area contributed by atoms with Crippen molar-refractivity contribution in [1.29, 1.82) is 0 Å². The molecule has 0 amide bonds. The molecule has 0 aromatic carbocycles. The Labute approximate surface area is 64.6 Å². The van der Waals surface area contributed by atoms with E-state index < -0.39 is 10.8 Å². The van der Waals surface area contributed by atoms with Gasteiger partial charge in [0, 0.05) is 36.4 Å². The van der Waals surface area contributed by atoms with Crippen LogP contribution in [0.15, 0.2) is 0 Å². The number of nitrogens with one attached hydrogen (secondary N) is 1. The monoisotopic (exact) mass is 165 g/mol. The average Bonchev–Trinajstić information content (AvgIpc) is 1.90. The van der Waals surface area contributed by atoms with Gasteiger partial charge in [0.2, 0.25) is 0 Å². The van der Waals surface area contributed by atoms with Crippen molar-refractivity contribution in [3.05, 3.63) is 0 Å². The van der Waals surface area contributed by atoms with Crippen molar-refractivity contribution in [1.82, 2.24) is 5.32 Å². The maximum Gasteiger partial charge on any atom is 0.0591 e. The van der Waals surface area contributed by atoms with E-state index in [9.17, 15) is 4.21 Å². The molecule has 1 aliphatic heterocycles. The van der Waals surface area contributed by atoms with Gasteiger partial charge in [-0.3, -0.25) is 4.21 Å². The molecule has 0 saturated carbocycles. The van der Waals surface area contributed by atoms with Gasteiger partial charge >= 0.3 is 0 Å². The van der Waals surface area contributed by atoms with Crippen LogP contribution in [0.5, 0.6) is 0 Å². The molecule has 1 fully saturated rings. The van der Waals surface area contributed by atoms with Crippen LogP contribution < -0.4 is 5.32 Å². The zero-order valence-electron chi connectivity index (χ0n) is 6.55. The third-order valence-electron chi connectivity index (χ3n) is 0.846. The Hall–Kier alpha value is 0.0700. The molecule has 0 aliphatic carbocycles. The van der Waals surface area contributed by atoms with Crippen molar-refractivity contribution in [2.24, 2.45) is 0 Å². The van der Waals surface area contributed by atoms with E-state index in [0.717, 1.165) is 26.3 Å². The molecule has 10 heavy (non-hydrogen) atoms. The van der Waals surface area contributed by atoms with E-state index in [4.69, 9.17) is 4.74 Å². The Kier molecular flexibility index (Phi) is 7.23. The van der Waals surface area contributed by atoms with Crippen molar-refractivity contribution in [2.45, 2.75) is 0 Å². The normalized spacial score (nSPS) is 17.9. The second-order valence-corrected chi connectivity index (χ2v) is 3.59. The topological polar surface area (TPSA) is 38.3 Å². The SMILES string of the molecule is C1COCCN1.CS(C)=O. The molecule has 4 heteroatoms. The quantitative estimate of drug-likeness (QED) is 0.531. The molecule has 0 radical (unpaired) electrons. The molecule has 1 aliphatic rings. The van der Waals surface area contributed by atoms with Gasteiger partial charge in [0.05, 0.1) is 13.2 Å². The number of hydrogen-bond acceptors (Lipinski definition) is 3. The van der Waals surface area contributed by atoms with Gasteiger partial charge in [-0.1, -0.05) is 0 Å². The molecular formula is C6H15NO2S. The molecule has 1 saturated heterocycles. The van der Waals surface area contributed by atoms with Crippen LogP contribution in [0.2, 0.25) is 0 Å². The Morgan fingerprint density at radius 3 is 1.80 bits per heavy atom. The van der Waals surface area contributed by atoms with Crippen molar-refractivity contribution < 1.29 is 8.95 Å². The molecule has 0 atom stereocenters. The molecule has 0 unspecified atom stereocenters. The summed E-state index contributed by atoms with van der Waals surface area (Å²) in [5.41, 5.74) is 0. The molecule has 1 heterocycles. The first-order valence-electron chi connectivity index (χ1n) is 3.27. The van der Waals surface area contributed by atoms with Gasteiger partial charge in [0.1, 0.15) is 0 Å². The predicted molar refractivity (Wildman–Crippen MR) is 43.7 cm³/mol.